The molecule has 0 saturated carbocycles. The zero-order valence-electron chi connectivity index (χ0n) is 9.54. The molecule has 1 aromatic rings. The van der Waals surface area contributed by atoms with E-state index >= 15 is 0 Å². The number of carbonyl (C=O) groups excluding carboxylic acids is 1. The van der Waals surface area contributed by atoms with Crippen molar-refractivity contribution in [3.8, 4) is 0 Å². The first kappa shape index (κ1) is 12.1. The molecular weight excluding hydrogens is 210 g/mol. The maximum Gasteiger partial charge on any atom is 0.316 e. The third-order valence-electron chi connectivity index (χ3n) is 2.73. The second-order valence-electron chi connectivity index (χ2n) is 3.90. The number of carbonyl (C=O) groups is 1. The largest absolute Gasteiger partial charge is 0.326 e. The van der Waals surface area contributed by atoms with Gasteiger partial charge >= 0.3 is 5.37 Å². The molecule has 1 amide bonds. The molecule has 3 heteroatoms. The van der Waals surface area contributed by atoms with Gasteiger partial charge in [-0.3, -0.25) is 4.79 Å². The summed E-state index contributed by atoms with van der Waals surface area (Å²) >= 11 is 5.44. The lowest BCUT2D eigenvalue weighted by Crippen LogP contribution is -2.25. The van der Waals surface area contributed by atoms with Crippen LogP contribution < -0.4 is 0 Å². The van der Waals surface area contributed by atoms with Crippen molar-refractivity contribution in [2.24, 2.45) is 0 Å². The molecule has 0 aliphatic carbocycles. The smallest absolute Gasteiger partial charge is 0.316 e. The van der Waals surface area contributed by atoms with Gasteiger partial charge in [0.1, 0.15) is 0 Å². The predicted octanol–water partition coefficient (Wildman–Crippen LogP) is 3.66. The highest BCUT2D eigenvalue weighted by Gasteiger charge is 2.16. The lowest BCUT2D eigenvalue weighted by atomic mass is 10.00. The zero-order valence-corrected chi connectivity index (χ0v) is 10.3. The van der Waals surface area contributed by atoms with Gasteiger partial charge in [-0.25, -0.2) is 0 Å². The quantitative estimate of drug-likeness (QED) is 0.556. The normalized spacial score (nSPS) is 12.3. The van der Waals surface area contributed by atoms with Crippen molar-refractivity contribution in [3.05, 3.63) is 34.9 Å². The van der Waals surface area contributed by atoms with Gasteiger partial charge in [-0.05, 0) is 43.5 Å². The number of nitrogens with zero attached hydrogens (tertiary/aromatic N) is 1. The Hall–Kier alpha value is -1.02. The Morgan fingerprint density at radius 1 is 1.40 bits per heavy atom. The van der Waals surface area contributed by atoms with Crippen LogP contribution in [0.2, 0.25) is 0 Å². The minimum absolute atomic E-state index is 0.00981. The Labute approximate surface area is 95.8 Å². The number of rotatable bonds is 2. The van der Waals surface area contributed by atoms with Crippen molar-refractivity contribution in [1.29, 1.82) is 0 Å². The SMILES string of the molecule is Cc1ccc(C(C)N(C)C(=O)Cl)c(C)c1. The summed E-state index contributed by atoms with van der Waals surface area (Å²) in [6.45, 7) is 6.07. The van der Waals surface area contributed by atoms with E-state index in [0.717, 1.165) is 5.56 Å². The Bertz CT molecular complexity index is 376. The van der Waals surface area contributed by atoms with E-state index in [1.165, 1.54) is 16.0 Å². The van der Waals surface area contributed by atoms with Crippen LogP contribution in [0.3, 0.4) is 0 Å². The topological polar surface area (TPSA) is 20.3 Å². The Morgan fingerprint density at radius 2 is 2.00 bits per heavy atom. The van der Waals surface area contributed by atoms with Gasteiger partial charge in [0.15, 0.2) is 0 Å². The van der Waals surface area contributed by atoms with E-state index in [-0.39, 0.29) is 6.04 Å². The van der Waals surface area contributed by atoms with Gasteiger partial charge in [0.2, 0.25) is 0 Å². The van der Waals surface area contributed by atoms with Crippen LogP contribution in [-0.2, 0) is 0 Å². The summed E-state index contributed by atoms with van der Waals surface area (Å²) in [5.74, 6) is 0. The Morgan fingerprint density at radius 3 is 2.47 bits per heavy atom. The fraction of sp³-hybridized carbons (Fsp3) is 0.417. The van der Waals surface area contributed by atoms with E-state index in [0.29, 0.717) is 0 Å². The van der Waals surface area contributed by atoms with Crippen LogP contribution in [-0.4, -0.2) is 17.3 Å². The van der Waals surface area contributed by atoms with Crippen LogP contribution in [0.15, 0.2) is 18.2 Å². The molecule has 0 spiro atoms. The fourth-order valence-corrected chi connectivity index (χ4v) is 1.80. The first-order chi connectivity index (χ1) is 6.93. The molecular formula is C12H16ClNO. The summed E-state index contributed by atoms with van der Waals surface area (Å²) in [5.41, 5.74) is 3.55. The van der Waals surface area contributed by atoms with Gasteiger partial charge in [-0.2, -0.15) is 0 Å². The summed E-state index contributed by atoms with van der Waals surface area (Å²) in [7, 11) is 1.71. The first-order valence-electron chi connectivity index (χ1n) is 4.93. The van der Waals surface area contributed by atoms with E-state index in [9.17, 15) is 4.79 Å². The molecule has 1 atom stereocenters. The summed E-state index contributed by atoms with van der Waals surface area (Å²) in [5, 5.41) is -0.428. The highest BCUT2D eigenvalue weighted by Crippen LogP contribution is 2.23. The van der Waals surface area contributed by atoms with Crippen molar-refractivity contribution in [1.82, 2.24) is 4.90 Å². The number of halogens is 1. The Balaban J connectivity index is 3.01. The minimum Gasteiger partial charge on any atom is -0.326 e. The van der Waals surface area contributed by atoms with Gasteiger partial charge < -0.3 is 4.90 Å². The van der Waals surface area contributed by atoms with Gasteiger partial charge in [0, 0.05) is 7.05 Å². The average Bonchev–Trinajstić information content (AvgIpc) is 2.15. The van der Waals surface area contributed by atoms with Crippen LogP contribution in [0, 0.1) is 13.8 Å². The van der Waals surface area contributed by atoms with Crippen molar-refractivity contribution in [2.75, 3.05) is 7.05 Å². The fourth-order valence-electron chi connectivity index (χ4n) is 1.66. The van der Waals surface area contributed by atoms with Crippen molar-refractivity contribution in [3.63, 3.8) is 0 Å². The van der Waals surface area contributed by atoms with Crippen molar-refractivity contribution in [2.45, 2.75) is 26.8 Å². The number of benzene rings is 1. The molecule has 0 fully saturated rings. The molecule has 1 aromatic carbocycles. The molecule has 0 heterocycles. The molecule has 0 bridgehead atoms. The molecule has 2 nitrogen and oxygen atoms in total. The number of amides is 1. The molecule has 0 N–H and O–H groups in total. The monoisotopic (exact) mass is 225 g/mol. The third-order valence-corrected chi connectivity index (χ3v) is 3.00. The number of aryl methyl sites for hydroxylation is 2. The van der Waals surface area contributed by atoms with Crippen molar-refractivity contribution >= 4 is 17.0 Å². The molecule has 0 aromatic heterocycles. The van der Waals surface area contributed by atoms with Crippen LogP contribution in [0.1, 0.15) is 29.7 Å². The maximum atomic E-state index is 11.0. The summed E-state index contributed by atoms with van der Waals surface area (Å²) in [6, 6.07) is 6.21. The van der Waals surface area contributed by atoms with Gasteiger partial charge in [-0.15, -0.1) is 0 Å². The molecule has 0 saturated heterocycles. The predicted molar refractivity (Wildman–Crippen MR) is 63.3 cm³/mol. The van der Waals surface area contributed by atoms with E-state index in [4.69, 9.17) is 11.6 Å². The van der Waals surface area contributed by atoms with Crippen molar-refractivity contribution < 1.29 is 4.79 Å². The molecule has 1 unspecified atom stereocenters. The molecule has 15 heavy (non-hydrogen) atoms. The minimum atomic E-state index is -0.428. The lowest BCUT2D eigenvalue weighted by Gasteiger charge is -2.24. The highest BCUT2D eigenvalue weighted by atomic mass is 35.5. The van der Waals surface area contributed by atoms with E-state index in [1.807, 2.05) is 26.0 Å². The second-order valence-corrected chi connectivity index (χ2v) is 4.22. The second kappa shape index (κ2) is 4.67. The van der Waals surface area contributed by atoms with Gasteiger partial charge in [-0.1, -0.05) is 23.8 Å². The number of hydrogen-bond donors (Lipinski definition) is 0. The zero-order chi connectivity index (χ0) is 11.6. The Kier molecular flexibility index (Phi) is 3.75. The van der Waals surface area contributed by atoms with E-state index < -0.39 is 5.37 Å². The molecule has 0 radical (unpaired) electrons. The average molecular weight is 226 g/mol. The first-order valence-corrected chi connectivity index (χ1v) is 5.30. The maximum absolute atomic E-state index is 11.0. The summed E-state index contributed by atoms with van der Waals surface area (Å²) in [4.78, 5) is 12.6. The van der Waals surface area contributed by atoms with E-state index in [2.05, 4.69) is 13.0 Å². The van der Waals surface area contributed by atoms with E-state index in [1.54, 1.807) is 7.05 Å². The molecule has 0 aliphatic rings. The standard InChI is InChI=1S/C12H16ClNO/c1-8-5-6-11(9(2)7-8)10(3)14(4)12(13)15/h5-7,10H,1-4H3. The third kappa shape index (κ3) is 2.72. The lowest BCUT2D eigenvalue weighted by molar-refractivity contribution is 0.218. The molecule has 1 rings (SSSR count). The molecule has 0 aliphatic heterocycles. The summed E-state index contributed by atoms with van der Waals surface area (Å²) < 4.78 is 0. The van der Waals surface area contributed by atoms with Crippen LogP contribution in [0.5, 0.6) is 0 Å². The van der Waals surface area contributed by atoms with Gasteiger partial charge in [0.05, 0.1) is 6.04 Å². The summed E-state index contributed by atoms with van der Waals surface area (Å²) in [6.07, 6.45) is 0. The molecule has 82 valence electrons. The van der Waals surface area contributed by atoms with Crippen LogP contribution in [0.25, 0.3) is 0 Å². The highest BCUT2D eigenvalue weighted by molar-refractivity contribution is 6.62. The van der Waals surface area contributed by atoms with Gasteiger partial charge in [0.25, 0.3) is 0 Å². The number of hydrogen-bond acceptors (Lipinski definition) is 1. The van der Waals surface area contributed by atoms with Crippen LogP contribution >= 0.6 is 11.6 Å². The van der Waals surface area contributed by atoms with Crippen LogP contribution in [0.4, 0.5) is 4.79 Å².